The van der Waals surface area contributed by atoms with Crippen LogP contribution in [0.4, 0.5) is 0 Å². The van der Waals surface area contributed by atoms with Gasteiger partial charge >= 0.3 is 0 Å². The number of nitro groups is 1. The van der Waals surface area contributed by atoms with Gasteiger partial charge in [-0.1, -0.05) is 37.8 Å². The number of ketones is 1. The molecule has 4 nitrogen and oxygen atoms in total. The van der Waals surface area contributed by atoms with Crippen molar-refractivity contribution in [1.82, 2.24) is 0 Å². The summed E-state index contributed by atoms with van der Waals surface area (Å²) in [4.78, 5) is 23.2. The Hall–Kier alpha value is -2.49. The van der Waals surface area contributed by atoms with Crippen LogP contribution in [-0.4, -0.2) is 10.7 Å². The van der Waals surface area contributed by atoms with Gasteiger partial charge in [0, 0.05) is 17.2 Å². The normalized spacial score (nSPS) is 17.6. The highest BCUT2D eigenvalue weighted by Crippen LogP contribution is 2.28. The Morgan fingerprint density at radius 3 is 2.76 bits per heavy atom. The number of hydrogen-bond acceptors (Lipinski definition) is 3. The van der Waals surface area contributed by atoms with E-state index in [1.807, 2.05) is 19.1 Å². The first kappa shape index (κ1) is 14.9. The maximum atomic E-state index is 12.6. The van der Waals surface area contributed by atoms with Crippen molar-refractivity contribution in [2.75, 3.05) is 0 Å². The lowest BCUT2D eigenvalue weighted by Crippen LogP contribution is -2.07. The number of carbonyl (C=O) groups excluding carboxylic acids is 1. The molecule has 21 heavy (non-hydrogen) atoms. The number of Topliss-reactive ketones (excluding diaryl/α,β-unsaturated/α-hetero) is 1. The van der Waals surface area contributed by atoms with Gasteiger partial charge in [0.25, 0.3) is 5.70 Å². The van der Waals surface area contributed by atoms with Crippen molar-refractivity contribution in [3.63, 3.8) is 0 Å². The maximum Gasteiger partial charge on any atom is 0.266 e. The van der Waals surface area contributed by atoms with Crippen molar-refractivity contribution in [2.45, 2.75) is 26.2 Å². The SMILES string of the molecule is C=C1CCc2ccccc2C(=O)/C1=C/C(=C\CC)[N+](=O)[O-]. The summed E-state index contributed by atoms with van der Waals surface area (Å²) < 4.78 is 0. The molecule has 4 heteroatoms. The zero-order valence-electron chi connectivity index (χ0n) is 12.0. The molecule has 0 spiro atoms. The Morgan fingerprint density at radius 2 is 2.10 bits per heavy atom. The van der Waals surface area contributed by atoms with E-state index >= 15 is 0 Å². The lowest BCUT2D eigenvalue weighted by Gasteiger charge is -2.05. The Labute approximate surface area is 123 Å². The first-order chi connectivity index (χ1) is 10.0. The van der Waals surface area contributed by atoms with E-state index in [9.17, 15) is 14.9 Å². The van der Waals surface area contributed by atoms with Crippen molar-refractivity contribution < 1.29 is 9.72 Å². The third-order valence-corrected chi connectivity index (χ3v) is 3.50. The fourth-order valence-electron chi connectivity index (χ4n) is 2.40. The molecule has 1 aliphatic rings. The summed E-state index contributed by atoms with van der Waals surface area (Å²) in [6, 6.07) is 7.38. The summed E-state index contributed by atoms with van der Waals surface area (Å²) in [5.74, 6) is -0.183. The number of aryl methyl sites for hydroxylation is 1. The van der Waals surface area contributed by atoms with Gasteiger partial charge in [0.2, 0.25) is 0 Å². The Bertz CT molecular complexity index is 668. The summed E-state index contributed by atoms with van der Waals surface area (Å²) in [6.45, 7) is 5.74. The molecule has 0 heterocycles. The predicted molar refractivity (Wildman–Crippen MR) is 81.7 cm³/mol. The summed E-state index contributed by atoms with van der Waals surface area (Å²) in [7, 11) is 0. The van der Waals surface area contributed by atoms with Crippen LogP contribution in [0.3, 0.4) is 0 Å². The van der Waals surface area contributed by atoms with E-state index in [1.165, 1.54) is 12.2 Å². The molecule has 0 saturated carbocycles. The van der Waals surface area contributed by atoms with Gasteiger partial charge in [0.05, 0.1) is 4.92 Å². The van der Waals surface area contributed by atoms with Gasteiger partial charge in [0.15, 0.2) is 5.78 Å². The highest BCUT2D eigenvalue weighted by atomic mass is 16.6. The van der Waals surface area contributed by atoms with Crippen LogP contribution in [0.15, 0.2) is 59.8 Å². The monoisotopic (exact) mass is 283 g/mol. The third kappa shape index (κ3) is 3.16. The number of hydrogen-bond donors (Lipinski definition) is 0. The predicted octanol–water partition coefficient (Wildman–Crippen LogP) is 3.87. The first-order valence-electron chi connectivity index (χ1n) is 6.91. The van der Waals surface area contributed by atoms with Crippen LogP contribution < -0.4 is 0 Å². The van der Waals surface area contributed by atoms with E-state index in [0.717, 1.165) is 12.0 Å². The topological polar surface area (TPSA) is 60.2 Å². The molecule has 0 N–H and O–H groups in total. The standard InChI is InChI=1S/C17H17NO3/c1-3-6-14(18(20)21)11-16-12(2)9-10-13-7-4-5-8-15(13)17(16)19/h4-8,11H,2-3,9-10H2,1H3/b14-6+,16-11+. The second-order valence-corrected chi connectivity index (χ2v) is 4.94. The van der Waals surface area contributed by atoms with Crippen LogP contribution in [0.1, 0.15) is 35.7 Å². The molecular formula is C17H17NO3. The minimum absolute atomic E-state index is 0.0543. The number of carbonyl (C=O) groups is 1. The molecule has 0 bridgehead atoms. The van der Waals surface area contributed by atoms with Gasteiger partial charge in [-0.15, -0.1) is 0 Å². The highest BCUT2D eigenvalue weighted by molar-refractivity contribution is 6.13. The lowest BCUT2D eigenvalue weighted by atomic mass is 9.97. The first-order valence-corrected chi connectivity index (χ1v) is 6.91. The van der Waals surface area contributed by atoms with Crippen molar-refractivity contribution >= 4 is 5.78 Å². The van der Waals surface area contributed by atoms with E-state index in [2.05, 4.69) is 6.58 Å². The van der Waals surface area contributed by atoms with E-state index < -0.39 is 4.92 Å². The van der Waals surface area contributed by atoms with Gasteiger partial charge in [-0.05, 0) is 36.5 Å². The quantitative estimate of drug-likeness (QED) is 0.366. The minimum Gasteiger partial charge on any atom is -0.289 e. The van der Waals surface area contributed by atoms with Crippen LogP contribution >= 0.6 is 0 Å². The molecular weight excluding hydrogens is 266 g/mol. The number of allylic oxidation sites excluding steroid dienone is 4. The van der Waals surface area contributed by atoms with Crippen molar-refractivity contribution in [2.24, 2.45) is 0 Å². The van der Waals surface area contributed by atoms with Crippen molar-refractivity contribution in [1.29, 1.82) is 0 Å². The minimum atomic E-state index is -0.464. The van der Waals surface area contributed by atoms with E-state index in [4.69, 9.17) is 0 Å². The second kappa shape index (κ2) is 6.31. The largest absolute Gasteiger partial charge is 0.289 e. The zero-order chi connectivity index (χ0) is 15.4. The second-order valence-electron chi connectivity index (χ2n) is 4.94. The van der Waals surface area contributed by atoms with Gasteiger partial charge in [-0.3, -0.25) is 14.9 Å². The third-order valence-electron chi connectivity index (χ3n) is 3.50. The van der Waals surface area contributed by atoms with E-state index in [1.54, 1.807) is 12.1 Å². The molecule has 0 saturated heterocycles. The Kier molecular flexibility index (Phi) is 4.48. The molecule has 1 aromatic rings. The number of fused-ring (bicyclic) bond motifs is 1. The molecule has 0 fully saturated rings. The smallest absolute Gasteiger partial charge is 0.266 e. The van der Waals surface area contributed by atoms with Crippen LogP contribution in [0.5, 0.6) is 0 Å². The fraction of sp³-hybridized carbons (Fsp3) is 0.235. The van der Waals surface area contributed by atoms with Crippen LogP contribution in [0.25, 0.3) is 0 Å². The summed E-state index contributed by atoms with van der Waals surface area (Å²) in [6.07, 6.45) is 4.76. The zero-order valence-corrected chi connectivity index (χ0v) is 12.0. The van der Waals surface area contributed by atoms with Crippen molar-refractivity contribution in [3.8, 4) is 0 Å². The van der Waals surface area contributed by atoms with E-state index in [-0.39, 0.29) is 11.5 Å². The highest BCUT2D eigenvalue weighted by Gasteiger charge is 2.24. The lowest BCUT2D eigenvalue weighted by molar-refractivity contribution is -0.419. The average molecular weight is 283 g/mol. The van der Waals surface area contributed by atoms with Crippen molar-refractivity contribution in [3.05, 3.63) is 81.1 Å². The summed E-state index contributed by atoms with van der Waals surface area (Å²) >= 11 is 0. The number of benzene rings is 1. The molecule has 0 aromatic heterocycles. The maximum absolute atomic E-state index is 12.6. The molecule has 0 unspecified atom stereocenters. The van der Waals surface area contributed by atoms with Gasteiger partial charge in [-0.25, -0.2) is 0 Å². The number of rotatable bonds is 3. The molecule has 1 aromatic carbocycles. The summed E-state index contributed by atoms with van der Waals surface area (Å²) in [5, 5.41) is 11.1. The molecule has 108 valence electrons. The Morgan fingerprint density at radius 1 is 1.38 bits per heavy atom. The number of nitrogens with zero attached hydrogens (tertiary/aromatic N) is 1. The van der Waals surface area contributed by atoms with Crippen LogP contribution in [-0.2, 0) is 6.42 Å². The average Bonchev–Trinajstić information content (AvgIpc) is 2.58. The Balaban J connectivity index is 2.52. The van der Waals surface area contributed by atoms with Gasteiger partial charge in [-0.2, -0.15) is 0 Å². The molecule has 0 atom stereocenters. The fourth-order valence-corrected chi connectivity index (χ4v) is 2.40. The van der Waals surface area contributed by atoms with Crippen LogP contribution in [0.2, 0.25) is 0 Å². The van der Waals surface area contributed by atoms with Crippen LogP contribution in [0, 0.1) is 10.1 Å². The summed E-state index contributed by atoms with van der Waals surface area (Å²) in [5.41, 5.74) is 2.52. The van der Waals surface area contributed by atoms with Gasteiger partial charge < -0.3 is 0 Å². The molecule has 2 rings (SSSR count). The molecule has 0 amide bonds. The van der Waals surface area contributed by atoms with Gasteiger partial charge in [0.1, 0.15) is 0 Å². The molecule has 0 radical (unpaired) electrons. The molecule has 0 aliphatic heterocycles. The van der Waals surface area contributed by atoms with E-state index in [0.29, 0.717) is 29.6 Å². The molecule has 1 aliphatic carbocycles.